The minimum atomic E-state index is -1.11. The molecule has 2 amide bonds. The number of nitrogens with two attached hydrogens (primary N) is 1. The van der Waals surface area contributed by atoms with Gasteiger partial charge in [-0.25, -0.2) is 0 Å². The van der Waals surface area contributed by atoms with Crippen molar-refractivity contribution in [2.75, 3.05) is 0 Å². The highest BCUT2D eigenvalue weighted by Gasteiger charge is 2.31. The molecule has 6 heteroatoms. The smallest absolute Gasteiger partial charge is 0.253 e. The Labute approximate surface area is 98.8 Å². The Balaban J connectivity index is 2.89. The van der Waals surface area contributed by atoms with E-state index in [-0.39, 0.29) is 11.3 Å². The Kier molecular flexibility index (Phi) is 3.67. The van der Waals surface area contributed by atoms with Gasteiger partial charge < -0.3 is 16.2 Å². The summed E-state index contributed by atoms with van der Waals surface area (Å²) in [7, 11) is 0. The zero-order valence-electron chi connectivity index (χ0n) is 9.73. The third-order valence-electron chi connectivity index (χ3n) is 2.63. The third kappa shape index (κ3) is 2.93. The highest BCUT2D eigenvalue weighted by molar-refractivity contribution is 5.98. The van der Waals surface area contributed by atoms with Crippen LogP contribution in [0.5, 0.6) is 5.75 Å². The van der Waals surface area contributed by atoms with Gasteiger partial charge in [-0.1, -0.05) is 6.92 Å². The van der Waals surface area contributed by atoms with Crippen LogP contribution < -0.4 is 11.1 Å². The second-order valence-corrected chi connectivity index (χ2v) is 3.94. The Morgan fingerprint density at radius 3 is 2.65 bits per heavy atom. The van der Waals surface area contributed by atoms with E-state index >= 15 is 0 Å². The lowest BCUT2D eigenvalue weighted by Gasteiger charge is -2.25. The molecule has 0 fully saturated rings. The van der Waals surface area contributed by atoms with Gasteiger partial charge in [0.25, 0.3) is 5.91 Å². The molecule has 0 saturated carbocycles. The Bertz CT molecular complexity index is 447. The second kappa shape index (κ2) is 4.82. The number of carbonyl (C=O) groups is 2. The summed E-state index contributed by atoms with van der Waals surface area (Å²) in [6.45, 7) is 3.29. The molecule has 17 heavy (non-hydrogen) atoms. The minimum Gasteiger partial charge on any atom is -0.506 e. The van der Waals surface area contributed by atoms with Gasteiger partial charge >= 0.3 is 0 Å². The Morgan fingerprint density at radius 1 is 1.53 bits per heavy atom. The maximum absolute atomic E-state index is 11.8. The lowest BCUT2D eigenvalue weighted by Crippen LogP contribution is -2.54. The zero-order valence-corrected chi connectivity index (χ0v) is 9.73. The first kappa shape index (κ1) is 13.0. The molecule has 6 nitrogen and oxygen atoms in total. The fraction of sp³-hybridized carbons (Fsp3) is 0.364. The molecule has 1 unspecified atom stereocenters. The second-order valence-electron chi connectivity index (χ2n) is 3.94. The number of rotatable bonds is 4. The summed E-state index contributed by atoms with van der Waals surface area (Å²) in [6.07, 6.45) is 2.89. The number of nitrogens with one attached hydrogen (secondary N) is 1. The van der Waals surface area contributed by atoms with Crippen LogP contribution in [0.25, 0.3) is 0 Å². The van der Waals surface area contributed by atoms with Crippen LogP contribution in [0.4, 0.5) is 0 Å². The molecule has 1 atom stereocenters. The molecule has 0 aromatic carbocycles. The van der Waals surface area contributed by atoms with Crippen LogP contribution in [0.2, 0.25) is 0 Å². The molecule has 0 spiro atoms. The quantitative estimate of drug-likeness (QED) is 0.694. The van der Waals surface area contributed by atoms with Crippen molar-refractivity contribution in [3.8, 4) is 5.75 Å². The van der Waals surface area contributed by atoms with Crippen molar-refractivity contribution in [3.05, 3.63) is 24.0 Å². The van der Waals surface area contributed by atoms with Gasteiger partial charge in [0, 0.05) is 6.20 Å². The number of aromatic nitrogens is 1. The molecule has 0 aliphatic rings. The van der Waals surface area contributed by atoms with Gasteiger partial charge in [-0.15, -0.1) is 0 Å². The average Bonchev–Trinajstić information content (AvgIpc) is 2.28. The van der Waals surface area contributed by atoms with E-state index < -0.39 is 17.4 Å². The third-order valence-corrected chi connectivity index (χ3v) is 2.63. The van der Waals surface area contributed by atoms with Crippen molar-refractivity contribution >= 4 is 11.8 Å². The van der Waals surface area contributed by atoms with Gasteiger partial charge in [-0.2, -0.15) is 0 Å². The van der Waals surface area contributed by atoms with Gasteiger partial charge in [-0.05, 0) is 19.4 Å². The fourth-order valence-electron chi connectivity index (χ4n) is 1.20. The van der Waals surface area contributed by atoms with Crippen LogP contribution in [0, 0.1) is 0 Å². The van der Waals surface area contributed by atoms with Gasteiger partial charge in [0.2, 0.25) is 5.91 Å². The topological polar surface area (TPSA) is 105 Å². The SMILES string of the molecule is CCC(C)(NC(=O)c1cncc(O)c1)C(N)=O. The first-order chi connectivity index (χ1) is 7.89. The molecule has 1 heterocycles. The van der Waals surface area contributed by atoms with Gasteiger partial charge in [-0.3, -0.25) is 14.6 Å². The summed E-state index contributed by atoms with van der Waals surface area (Å²) >= 11 is 0. The largest absolute Gasteiger partial charge is 0.506 e. The molecule has 1 aromatic rings. The molecule has 1 aromatic heterocycles. The summed E-state index contributed by atoms with van der Waals surface area (Å²) in [5.41, 5.74) is 4.28. The molecule has 0 radical (unpaired) electrons. The van der Waals surface area contributed by atoms with Gasteiger partial charge in [0.15, 0.2) is 0 Å². The Hall–Kier alpha value is -2.11. The fourth-order valence-corrected chi connectivity index (χ4v) is 1.20. The van der Waals surface area contributed by atoms with Crippen LogP contribution in [0.15, 0.2) is 18.5 Å². The van der Waals surface area contributed by atoms with Crippen LogP contribution in [-0.4, -0.2) is 27.4 Å². The van der Waals surface area contributed by atoms with Crippen LogP contribution >= 0.6 is 0 Å². The predicted molar refractivity (Wildman–Crippen MR) is 61.3 cm³/mol. The molecule has 0 saturated heterocycles. The van der Waals surface area contributed by atoms with E-state index in [1.807, 2.05) is 0 Å². The van der Waals surface area contributed by atoms with E-state index in [4.69, 9.17) is 5.73 Å². The molecule has 0 aliphatic carbocycles. The molecular weight excluding hydrogens is 222 g/mol. The standard InChI is InChI=1S/C11H15N3O3/c1-3-11(2,10(12)17)14-9(16)7-4-8(15)6-13-5-7/h4-6,15H,3H2,1-2H3,(H2,12,17)(H,14,16). The van der Waals surface area contributed by atoms with Crippen LogP contribution in [0.3, 0.4) is 0 Å². The zero-order chi connectivity index (χ0) is 13.1. The molecule has 4 N–H and O–H groups in total. The summed E-state index contributed by atoms with van der Waals surface area (Å²) in [5, 5.41) is 11.7. The molecule has 0 aliphatic heterocycles. The van der Waals surface area contributed by atoms with Gasteiger partial charge in [0.1, 0.15) is 11.3 Å². The van der Waals surface area contributed by atoms with E-state index in [9.17, 15) is 14.7 Å². The maximum Gasteiger partial charge on any atom is 0.253 e. The predicted octanol–water partition coefficient (Wildman–Crippen LogP) is 0.171. The summed E-state index contributed by atoms with van der Waals surface area (Å²) in [6, 6.07) is 1.26. The van der Waals surface area contributed by atoms with Crippen LogP contribution in [-0.2, 0) is 4.79 Å². The number of primary amides is 1. The van der Waals surface area contributed by atoms with Crippen molar-refractivity contribution in [2.45, 2.75) is 25.8 Å². The van der Waals surface area contributed by atoms with Crippen molar-refractivity contribution in [2.24, 2.45) is 5.73 Å². The first-order valence-electron chi connectivity index (χ1n) is 5.15. The van der Waals surface area contributed by atoms with E-state index in [2.05, 4.69) is 10.3 Å². The molecule has 92 valence electrons. The summed E-state index contributed by atoms with van der Waals surface area (Å²) in [5.74, 6) is -1.23. The number of pyridine rings is 1. The number of hydrogen-bond acceptors (Lipinski definition) is 4. The van der Waals surface area contributed by atoms with Crippen molar-refractivity contribution < 1.29 is 14.7 Å². The summed E-state index contributed by atoms with van der Waals surface area (Å²) in [4.78, 5) is 26.7. The van der Waals surface area contributed by atoms with E-state index in [1.165, 1.54) is 18.5 Å². The molecule has 1 rings (SSSR count). The van der Waals surface area contributed by atoms with Crippen molar-refractivity contribution in [1.82, 2.24) is 10.3 Å². The lowest BCUT2D eigenvalue weighted by molar-refractivity contribution is -0.123. The molecular formula is C11H15N3O3. The van der Waals surface area contributed by atoms with E-state index in [0.717, 1.165) is 0 Å². The Morgan fingerprint density at radius 2 is 2.18 bits per heavy atom. The van der Waals surface area contributed by atoms with E-state index in [1.54, 1.807) is 13.8 Å². The monoisotopic (exact) mass is 237 g/mol. The minimum absolute atomic E-state index is 0.116. The maximum atomic E-state index is 11.8. The number of carbonyl (C=O) groups excluding carboxylic acids is 2. The first-order valence-corrected chi connectivity index (χ1v) is 5.15. The highest BCUT2D eigenvalue weighted by atomic mass is 16.3. The number of aromatic hydroxyl groups is 1. The van der Waals surface area contributed by atoms with Crippen LogP contribution in [0.1, 0.15) is 30.6 Å². The van der Waals surface area contributed by atoms with Crippen molar-refractivity contribution in [3.63, 3.8) is 0 Å². The van der Waals surface area contributed by atoms with Gasteiger partial charge in [0.05, 0.1) is 11.8 Å². The van der Waals surface area contributed by atoms with Crippen molar-refractivity contribution in [1.29, 1.82) is 0 Å². The highest BCUT2D eigenvalue weighted by Crippen LogP contribution is 2.12. The normalized spacial score (nSPS) is 13.8. The number of nitrogens with zero attached hydrogens (tertiary/aromatic N) is 1. The lowest BCUT2D eigenvalue weighted by atomic mass is 9.97. The van der Waals surface area contributed by atoms with E-state index in [0.29, 0.717) is 6.42 Å². The number of hydrogen-bond donors (Lipinski definition) is 3. The number of amides is 2. The average molecular weight is 237 g/mol. The summed E-state index contributed by atoms with van der Waals surface area (Å²) < 4.78 is 0. The molecule has 0 bridgehead atoms.